The number of carbonyl (C=O) groups excluding carboxylic acids is 1. The third-order valence-electron chi connectivity index (χ3n) is 3.43. The monoisotopic (exact) mass is 348 g/mol. The minimum atomic E-state index is -0.855. The number of H-pyrrole nitrogens is 1. The van der Waals surface area contributed by atoms with Crippen molar-refractivity contribution in [1.29, 1.82) is 0 Å². The third-order valence-corrected chi connectivity index (χ3v) is 3.74. The molecule has 2 aromatic heterocycles. The summed E-state index contributed by atoms with van der Waals surface area (Å²) in [6.07, 6.45) is 1.44. The maximum Gasteiger partial charge on any atom is 0.260 e. The molecule has 3 rings (SSSR count). The van der Waals surface area contributed by atoms with E-state index in [0.29, 0.717) is 17.2 Å². The number of anilines is 3. The Balaban J connectivity index is 1.97. The molecule has 0 spiro atoms. The fraction of sp³-hybridized carbons (Fsp3) is 0.133. The zero-order chi connectivity index (χ0) is 17.4. The summed E-state index contributed by atoms with van der Waals surface area (Å²) < 4.78 is 14.1. The first-order valence-corrected chi connectivity index (χ1v) is 7.32. The summed E-state index contributed by atoms with van der Waals surface area (Å²) in [5.41, 5.74) is 5.99. The Kier molecular flexibility index (Phi) is 3.98. The Morgan fingerprint density at radius 1 is 1.42 bits per heavy atom. The number of nitrogens with one attached hydrogen (secondary N) is 2. The number of carbonyl (C=O) groups is 1. The van der Waals surface area contributed by atoms with Gasteiger partial charge in [-0.2, -0.15) is 5.10 Å². The molecule has 9 heteroatoms. The molecule has 0 aliphatic carbocycles. The average Bonchev–Trinajstić information content (AvgIpc) is 2.94. The predicted molar refractivity (Wildman–Crippen MR) is 92.0 cm³/mol. The maximum atomic E-state index is 14.1. The van der Waals surface area contributed by atoms with Crippen LogP contribution in [0, 0.1) is 5.82 Å². The van der Waals surface area contributed by atoms with Gasteiger partial charge in [0, 0.05) is 14.1 Å². The number of fused-ring (bicyclic) bond motifs is 1. The van der Waals surface area contributed by atoms with Gasteiger partial charge in [-0.25, -0.2) is 9.37 Å². The molecule has 1 amide bonds. The van der Waals surface area contributed by atoms with Crippen molar-refractivity contribution in [2.75, 3.05) is 30.0 Å². The lowest BCUT2D eigenvalue weighted by molar-refractivity contribution is 0.102. The van der Waals surface area contributed by atoms with Crippen molar-refractivity contribution in [3.8, 4) is 0 Å². The molecular weight excluding hydrogens is 335 g/mol. The maximum absolute atomic E-state index is 14.1. The fourth-order valence-electron chi connectivity index (χ4n) is 2.27. The topological polar surface area (TPSA) is 99.9 Å². The standard InChI is InChI=1S/C15H14ClFN6O/c1-23(2)14-8-5-7(6-19-13(8)21-22-14)20-15(24)11-9(16)3-4-10(18)12(11)17/h3-6H,18H2,1-2H3,(H,20,24)(H,19,21,22). The van der Waals surface area contributed by atoms with Gasteiger partial charge in [0.05, 0.1) is 33.5 Å². The van der Waals surface area contributed by atoms with E-state index in [-0.39, 0.29) is 16.3 Å². The number of nitrogens with zero attached hydrogens (tertiary/aromatic N) is 3. The Morgan fingerprint density at radius 2 is 2.17 bits per heavy atom. The van der Waals surface area contributed by atoms with Crippen molar-refractivity contribution in [2.45, 2.75) is 0 Å². The van der Waals surface area contributed by atoms with Crippen LogP contribution in [0.3, 0.4) is 0 Å². The molecule has 0 radical (unpaired) electrons. The molecule has 7 nitrogen and oxygen atoms in total. The lowest BCUT2D eigenvalue weighted by Crippen LogP contribution is -2.15. The number of nitrogens with two attached hydrogens (primary N) is 1. The van der Waals surface area contributed by atoms with Gasteiger partial charge in [0.1, 0.15) is 0 Å². The van der Waals surface area contributed by atoms with Gasteiger partial charge >= 0.3 is 0 Å². The molecule has 0 aliphatic heterocycles. The number of pyridine rings is 1. The summed E-state index contributed by atoms with van der Waals surface area (Å²) in [6, 6.07) is 4.37. The lowest BCUT2D eigenvalue weighted by Gasteiger charge is -2.10. The van der Waals surface area contributed by atoms with Crippen molar-refractivity contribution in [1.82, 2.24) is 15.2 Å². The van der Waals surface area contributed by atoms with Crippen molar-refractivity contribution >= 4 is 45.7 Å². The zero-order valence-corrected chi connectivity index (χ0v) is 13.6. The van der Waals surface area contributed by atoms with E-state index < -0.39 is 11.7 Å². The normalized spacial score (nSPS) is 10.8. The van der Waals surface area contributed by atoms with Gasteiger partial charge < -0.3 is 16.0 Å². The summed E-state index contributed by atoms with van der Waals surface area (Å²) in [6.45, 7) is 0. The zero-order valence-electron chi connectivity index (χ0n) is 12.9. The first-order chi connectivity index (χ1) is 11.4. The van der Waals surface area contributed by atoms with E-state index in [1.165, 1.54) is 18.3 Å². The van der Waals surface area contributed by atoms with Crippen LogP contribution in [-0.4, -0.2) is 35.2 Å². The number of halogens is 2. The number of rotatable bonds is 3. The Hall–Kier alpha value is -2.87. The van der Waals surface area contributed by atoms with E-state index in [9.17, 15) is 9.18 Å². The predicted octanol–water partition coefficient (Wildman–Crippen LogP) is 2.65. The minimum Gasteiger partial charge on any atom is -0.396 e. The lowest BCUT2D eigenvalue weighted by atomic mass is 10.1. The van der Waals surface area contributed by atoms with Crippen LogP contribution in [0.5, 0.6) is 0 Å². The fourth-order valence-corrected chi connectivity index (χ4v) is 2.50. The highest BCUT2D eigenvalue weighted by Gasteiger charge is 2.19. The highest BCUT2D eigenvalue weighted by atomic mass is 35.5. The van der Waals surface area contributed by atoms with E-state index in [4.69, 9.17) is 17.3 Å². The molecule has 1 aromatic carbocycles. The number of aromatic nitrogens is 3. The van der Waals surface area contributed by atoms with E-state index in [2.05, 4.69) is 20.5 Å². The number of benzene rings is 1. The molecule has 2 heterocycles. The molecule has 0 unspecified atom stereocenters. The van der Waals surface area contributed by atoms with E-state index in [0.717, 1.165) is 5.39 Å². The minimum absolute atomic E-state index is 0.0227. The summed E-state index contributed by atoms with van der Waals surface area (Å²) in [7, 11) is 3.67. The van der Waals surface area contributed by atoms with Crippen LogP contribution in [0.25, 0.3) is 11.0 Å². The number of amides is 1. The van der Waals surface area contributed by atoms with Crippen LogP contribution in [0.4, 0.5) is 21.6 Å². The molecule has 0 saturated carbocycles. The van der Waals surface area contributed by atoms with Crippen LogP contribution in [0.1, 0.15) is 10.4 Å². The second kappa shape index (κ2) is 5.97. The van der Waals surface area contributed by atoms with Gasteiger partial charge in [-0.05, 0) is 18.2 Å². The van der Waals surface area contributed by atoms with Gasteiger partial charge in [0.25, 0.3) is 5.91 Å². The largest absolute Gasteiger partial charge is 0.396 e. The molecule has 124 valence electrons. The summed E-state index contributed by atoms with van der Waals surface area (Å²) >= 11 is 5.91. The summed E-state index contributed by atoms with van der Waals surface area (Å²) in [5.74, 6) is -0.894. The first-order valence-electron chi connectivity index (χ1n) is 6.94. The van der Waals surface area contributed by atoms with Crippen LogP contribution >= 0.6 is 11.6 Å². The SMILES string of the molecule is CN(C)c1n[nH]c2ncc(NC(=O)c3c(Cl)ccc(N)c3F)cc12. The summed E-state index contributed by atoms with van der Waals surface area (Å²) in [4.78, 5) is 18.3. The van der Waals surface area contributed by atoms with Crippen LogP contribution in [-0.2, 0) is 0 Å². The smallest absolute Gasteiger partial charge is 0.260 e. The average molecular weight is 349 g/mol. The molecule has 0 aliphatic rings. The second-order valence-corrected chi connectivity index (χ2v) is 5.75. The molecule has 0 atom stereocenters. The number of aromatic amines is 1. The van der Waals surface area contributed by atoms with Gasteiger partial charge in [-0.1, -0.05) is 11.6 Å². The molecular formula is C15H14ClFN6O. The number of hydrogen-bond donors (Lipinski definition) is 3. The van der Waals surface area contributed by atoms with Gasteiger partial charge in [0.2, 0.25) is 0 Å². The molecule has 0 bridgehead atoms. The molecule has 24 heavy (non-hydrogen) atoms. The first kappa shape index (κ1) is 16.0. The van der Waals surface area contributed by atoms with Gasteiger partial charge in [-0.3, -0.25) is 9.89 Å². The number of hydrogen-bond acceptors (Lipinski definition) is 5. The van der Waals surface area contributed by atoms with Crippen LogP contribution in [0.2, 0.25) is 5.02 Å². The van der Waals surface area contributed by atoms with Crippen LogP contribution < -0.4 is 16.0 Å². The summed E-state index contributed by atoms with van der Waals surface area (Å²) in [5, 5.41) is 10.2. The van der Waals surface area contributed by atoms with E-state index in [1.54, 1.807) is 11.0 Å². The molecule has 4 N–H and O–H groups in total. The quantitative estimate of drug-likeness (QED) is 0.632. The molecule has 0 saturated heterocycles. The Bertz CT molecular complexity index is 939. The van der Waals surface area contributed by atoms with E-state index >= 15 is 0 Å². The third kappa shape index (κ3) is 2.71. The van der Waals surface area contributed by atoms with Crippen molar-refractivity contribution in [2.24, 2.45) is 0 Å². The molecule has 3 aromatic rings. The highest BCUT2D eigenvalue weighted by molar-refractivity contribution is 6.34. The van der Waals surface area contributed by atoms with Gasteiger partial charge in [0.15, 0.2) is 17.3 Å². The van der Waals surface area contributed by atoms with Crippen LogP contribution in [0.15, 0.2) is 24.4 Å². The van der Waals surface area contributed by atoms with Gasteiger partial charge in [-0.15, -0.1) is 0 Å². The van der Waals surface area contributed by atoms with Crippen molar-refractivity contribution in [3.05, 3.63) is 40.8 Å². The Labute approximate surface area is 141 Å². The van der Waals surface area contributed by atoms with E-state index in [1.807, 2.05) is 14.1 Å². The van der Waals surface area contributed by atoms with Crippen molar-refractivity contribution in [3.63, 3.8) is 0 Å². The number of nitrogen functional groups attached to an aromatic ring is 1. The molecule has 0 fully saturated rings. The van der Waals surface area contributed by atoms with Crippen molar-refractivity contribution < 1.29 is 9.18 Å². The second-order valence-electron chi connectivity index (χ2n) is 5.34. The highest BCUT2D eigenvalue weighted by Crippen LogP contribution is 2.27. The Morgan fingerprint density at radius 3 is 2.88 bits per heavy atom.